The Kier molecular flexibility index (Phi) is 7.08. The Labute approximate surface area is 187 Å². The summed E-state index contributed by atoms with van der Waals surface area (Å²) in [7, 11) is 0. The first-order valence-electron chi connectivity index (χ1n) is 9.90. The van der Waals surface area contributed by atoms with Crippen molar-refractivity contribution < 1.29 is 19.1 Å². The van der Waals surface area contributed by atoms with Gasteiger partial charge in [-0.25, -0.2) is 0 Å². The number of anilines is 2. The van der Waals surface area contributed by atoms with Crippen LogP contribution in [-0.4, -0.2) is 11.8 Å². The Morgan fingerprint density at radius 2 is 0.812 bits per heavy atom. The van der Waals surface area contributed by atoms with Gasteiger partial charge in [-0.15, -0.1) is 0 Å². The minimum Gasteiger partial charge on any atom is -0.457 e. The van der Waals surface area contributed by atoms with Crippen molar-refractivity contribution in [1.29, 1.82) is 0 Å². The van der Waals surface area contributed by atoms with Crippen molar-refractivity contribution in [1.82, 2.24) is 0 Å². The lowest BCUT2D eigenvalue weighted by atomic mass is 10.2. The van der Waals surface area contributed by atoms with E-state index in [0.29, 0.717) is 45.5 Å². The number of hydrogen-bond acceptors (Lipinski definition) is 4. The van der Waals surface area contributed by atoms with Crippen LogP contribution in [0.15, 0.2) is 97.1 Å². The lowest BCUT2D eigenvalue weighted by Crippen LogP contribution is -2.11. The van der Waals surface area contributed by atoms with Crippen molar-refractivity contribution in [2.45, 2.75) is 13.8 Å². The fraction of sp³-hybridized carbons (Fsp3) is 0.0769. The van der Waals surface area contributed by atoms with Gasteiger partial charge in [0.25, 0.3) is 11.8 Å². The third-order valence-electron chi connectivity index (χ3n) is 4.29. The van der Waals surface area contributed by atoms with Crippen molar-refractivity contribution in [3.05, 3.63) is 97.1 Å². The van der Waals surface area contributed by atoms with Gasteiger partial charge in [0.15, 0.2) is 0 Å². The van der Waals surface area contributed by atoms with Gasteiger partial charge in [-0.3, -0.25) is 9.59 Å². The van der Waals surface area contributed by atoms with E-state index in [0.717, 1.165) is 0 Å². The third kappa shape index (κ3) is 6.34. The predicted molar refractivity (Wildman–Crippen MR) is 126 cm³/mol. The van der Waals surface area contributed by atoms with Crippen LogP contribution in [-0.2, 0) is 9.59 Å². The molecule has 0 aromatic heterocycles. The van der Waals surface area contributed by atoms with Gasteiger partial charge in [0.2, 0.25) is 0 Å². The number of nitrogens with one attached hydrogen (secondary N) is 2. The molecule has 0 saturated heterocycles. The fourth-order valence-electron chi connectivity index (χ4n) is 2.54. The highest BCUT2D eigenvalue weighted by Crippen LogP contribution is 2.28. The highest BCUT2D eigenvalue weighted by atomic mass is 16.5. The zero-order valence-electron chi connectivity index (χ0n) is 18.0. The molecule has 0 aliphatic rings. The zero-order valence-corrected chi connectivity index (χ0v) is 18.0. The average Bonchev–Trinajstić information content (AvgIpc) is 2.77. The molecule has 2 N–H and O–H groups in total. The largest absolute Gasteiger partial charge is 0.457 e. The van der Waals surface area contributed by atoms with E-state index in [1.54, 1.807) is 86.6 Å². The molecule has 0 heterocycles. The van der Waals surface area contributed by atoms with Crippen LogP contribution in [0.1, 0.15) is 13.8 Å². The van der Waals surface area contributed by atoms with Crippen molar-refractivity contribution >= 4 is 23.2 Å². The van der Waals surface area contributed by atoms with Crippen LogP contribution in [0, 0.1) is 0 Å². The lowest BCUT2D eigenvalue weighted by Gasteiger charge is -2.10. The van der Waals surface area contributed by atoms with Gasteiger partial charge in [-0.05, 0) is 86.6 Å². The summed E-state index contributed by atoms with van der Waals surface area (Å²) < 4.78 is 11.7. The minimum atomic E-state index is -0.222. The summed E-state index contributed by atoms with van der Waals surface area (Å²) in [6.07, 6.45) is 0. The maximum absolute atomic E-state index is 11.7. The van der Waals surface area contributed by atoms with Crippen molar-refractivity contribution in [2.75, 3.05) is 10.6 Å². The van der Waals surface area contributed by atoms with Crippen molar-refractivity contribution in [3.8, 4) is 23.0 Å². The topological polar surface area (TPSA) is 76.7 Å². The molecule has 32 heavy (non-hydrogen) atoms. The molecule has 0 unspecified atom stereocenters. The molecule has 0 atom stereocenters. The first-order valence-corrected chi connectivity index (χ1v) is 9.90. The molecule has 0 radical (unpaired) electrons. The number of benzene rings is 3. The molecule has 3 rings (SSSR count). The Morgan fingerprint density at radius 3 is 1.06 bits per heavy atom. The van der Waals surface area contributed by atoms with E-state index < -0.39 is 0 Å². The summed E-state index contributed by atoms with van der Waals surface area (Å²) in [6.45, 7) is 10.5. The maximum Gasteiger partial charge on any atom is 0.250 e. The lowest BCUT2D eigenvalue weighted by molar-refractivity contribution is -0.113. The van der Waals surface area contributed by atoms with Gasteiger partial charge < -0.3 is 20.1 Å². The van der Waals surface area contributed by atoms with E-state index in [1.807, 2.05) is 0 Å². The summed E-state index contributed by atoms with van der Waals surface area (Å²) >= 11 is 0. The van der Waals surface area contributed by atoms with Gasteiger partial charge >= 0.3 is 0 Å². The zero-order chi connectivity index (χ0) is 23.1. The number of hydrogen-bond donors (Lipinski definition) is 2. The fourth-order valence-corrected chi connectivity index (χ4v) is 2.54. The van der Waals surface area contributed by atoms with Crippen molar-refractivity contribution in [2.24, 2.45) is 0 Å². The first kappa shape index (κ1) is 22.4. The van der Waals surface area contributed by atoms with Crippen LogP contribution in [0.3, 0.4) is 0 Å². The highest BCUT2D eigenvalue weighted by Gasteiger charge is 2.05. The predicted octanol–water partition coefficient (Wildman–Crippen LogP) is 6.30. The molecule has 162 valence electrons. The molecule has 2 amide bonds. The van der Waals surface area contributed by atoms with Crippen LogP contribution in [0.2, 0.25) is 0 Å². The van der Waals surface area contributed by atoms with Crippen LogP contribution in [0.25, 0.3) is 0 Å². The molecule has 6 heteroatoms. The van der Waals surface area contributed by atoms with Gasteiger partial charge in [0.05, 0.1) is 0 Å². The molecular weight excluding hydrogens is 404 g/mol. The molecule has 3 aromatic rings. The number of carbonyl (C=O) groups is 2. The Morgan fingerprint density at radius 1 is 0.562 bits per heavy atom. The Hall–Kier alpha value is -4.32. The molecule has 0 aliphatic heterocycles. The number of ether oxygens (including phenoxy) is 2. The van der Waals surface area contributed by atoms with E-state index >= 15 is 0 Å². The first-order chi connectivity index (χ1) is 15.3. The summed E-state index contributed by atoms with van der Waals surface area (Å²) in [5.41, 5.74) is 2.22. The van der Waals surface area contributed by atoms with Gasteiger partial charge in [-0.1, -0.05) is 13.2 Å². The summed E-state index contributed by atoms with van der Waals surface area (Å²) in [5, 5.41) is 5.49. The monoisotopic (exact) mass is 428 g/mol. The van der Waals surface area contributed by atoms with E-state index in [4.69, 9.17) is 9.47 Å². The number of carbonyl (C=O) groups excluding carboxylic acids is 2. The smallest absolute Gasteiger partial charge is 0.250 e. The summed E-state index contributed by atoms with van der Waals surface area (Å²) in [4.78, 5) is 23.3. The normalized spacial score (nSPS) is 10.1. The Balaban J connectivity index is 1.56. The molecule has 0 saturated carbocycles. The molecule has 0 bridgehead atoms. The molecule has 6 nitrogen and oxygen atoms in total. The second-order valence-electron chi connectivity index (χ2n) is 7.19. The van der Waals surface area contributed by atoms with E-state index in [9.17, 15) is 9.59 Å². The Bertz CT molecular complexity index is 1040. The van der Waals surface area contributed by atoms with Gasteiger partial charge in [0.1, 0.15) is 23.0 Å². The van der Waals surface area contributed by atoms with Crippen LogP contribution in [0.4, 0.5) is 11.4 Å². The van der Waals surface area contributed by atoms with Crippen molar-refractivity contribution in [3.63, 3.8) is 0 Å². The van der Waals surface area contributed by atoms with Crippen LogP contribution < -0.4 is 20.1 Å². The van der Waals surface area contributed by atoms with Gasteiger partial charge in [-0.2, -0.15) is 0 Å². The van der Waals surface area contributed by atoms with E-state index in [2.05, 4.69) is 23.8 Å². The minimum absolute atomic E-state index is 0.222. The maximum atomic E-state index is 11.7. The average molecular weight is 428 g/mol. The van der Waals surface area contributed by atoms with E-state index in [1.165, 1.54) is 0 Å². The number of amides is 2. The summed E-state index contributed by atoms with van der Waals surface area (Å²) in [5.74, 6) is 2.13. The molecule has 0 spiro atoms. The molecule has 3 aromatic carbocycles. The summed E-state index contributed by atoms with van der Waals surface area (Å²) in [6, 6.07) is 21.3. The number of rotatable bonds is 8. The van der Waals surface area contributed by atoms with E-state index in [-0.39, 0.29) is 11.8 Å². The molecule has 0 fully saturated rings. The SMILES string of the molecule is C=C(C)C(=O)Nc1ccc(Oc2ccc(Oc3ccc(NC(=O)C(=C)C)cc3)cc2)cc1. The highest BCUT2D eigenvalue weighted by molar-refractivity contribution is 6.03. The second kappa shape index (κ2) is 10.1. The molecule has 0 aliphatic carbocycles. The second-order valence-corrected chi connectivity index (χ2v) is 7.19. The third-order valence-corrected chi connectivity index (χ3v) is 4.29. The van der Waals surface area contributed by atoms with Crippen LogP contribution in [0.5, 0.6) is 23.0 Å². The molecular formula is C26H24N2O4. The standard InChI is InChI=1S/C26H24N2O4/c1-17(2)25(29)27-19-5-9-21(10-6-19)31-23-13-15-24(16-14-23)32-22-11-7-20(8-12-22)28-26(30)18(3)4/h5-16H,1,3H2,2,4H3,(H,27,29)(H,28,30). The quantitative estimate of drug-likeness (QED) is 0.413. The van der Waals surface area contributed by atoms with Crippen LogP contribution >= 0.6 is 0 Å². The van der Waals surface area contributed by atoms with Gasteiger partial charge in [0, 0.05) is 22.5 Å².